The minimum Gasteiger partial charge on any atom is -0.377 e. The number of halogens is 3. The number of pyridine rings is 1. The van der Waals surface area contributed by atoms with Crippen molar-refractivity contribution in [3.8, 4) is 0 Å². The van der Waals surface area contributed by atoms with Crippen molar-refractivity contribution in [3.05, 3.63) is 59.4 Å². The van der Waals surface area contributed by atoms with Gasteiger partial charge in [0.1, 0.15) is 5.69 Å². The minimum absolute atomic E-state index is 0.00543. The molecule has 0 amide bonds. The topological polar surface area (TPSA) is 24.9 Å². The zero-order valence-electron chi connectivity index (χ0n) is 11.2. The summed E-state index contributed by atoms with van der Waals surface area (Å²) >= 11 is 0. The lowest BCUT2D eigenvalue weighted by atomic mass is 10.1. The second kappa shape index (κ2) is 5.53. The predicted molar refractivity (Wildman–Crippen MR) is 72.5 cm³/mol. The molecular formula is C15H15F3N2. The van der Waals surface area contributed by atoms with Crippen molar-refractivity contribution in [1.82, 2.24) is 4.98 Å². The van der Waals surface area contributed by atoms with Gasteiger partial charge < -0.3 is 5.32 Å². The van der Waals surface area contributed by atoms with Crippen LogP contribution in [0.3, 0.4) is 0 Å². The molecule has 0 spiro atoms. The molecule has 1 aromatic heterocycles. The molecular weight excluding hydrogens is 265 g/mol. The predicted octanol–water partition coefficient (Wildman–Crippen LogP) is 4.58. The van der Waals surface area contributed by atoms with Gasteiger partial charge in [-0.3, -0.25) is 0 Å². The van der Waals surface area contributed by atoms with Gasteiger partial charge in [-0.15, -0.1) is 0 Å². The molecule has 1 aromatic carbocycles. The van der Waals surface area contributed by atoms with Gasteiger partial charge in [-0.05, 0) is 31.5 Å². The van der Waals surface area contributed by atoms with Gasteiger partial charge in [0.05, 0.1) is 11.9 Å². The van der Waals surface area contributed by atoms with Gasteiger partial charge in [-0.25, -0.2) is 4.98 Å². The monoisotopic (exact) mass is 280 g/mol. The Balaban J connectivity index is 2.08. The molecule has 0 bridgehead atoms. The average Bonchev–Trinajstić information content (AvgIpc) is 2.39. The molecule has 5 heteroatoms. The standard InChI is InChI=1S/C15H15F3N2/c1-10-3-5-12(6-4-10)11(2)20-13-7-8-14(19-9-13)15(16,17)18/h3-9,11,20H,1-2H3. The second-order valence-corrected chi connectivity index (χ2v) is 4.71. The van der Waals surface area contributed by atoms with Gasteiger partial charge in [-0.1, -0.05) is 29.8 Å². The first-order valence-corrected chi connectivity index (χ1v) is 6.22. The number of hydrogen-bond donors (Lipinski definition) is 1. The second-order valence-electron chi connectivity index (χ2n) is 4.71. The van der Waals surface area contributed by atoms with E-state index < -0.39 is 11.9 Å². The summed E-state index contributed by atoms with van der Waals surface area (Å²) in [5, 5.41) is 3.13. The van der Waals surface area contributed by atoms with Crippen molar-refractivity contribution in [2.75, 3.05) is 5.32 Å². The Kier molecular flexibility index (Phi) is 3.97. The fraction of sp³-hybridized carbons (Fsp3) is 0.267. The molecule has 1 unspecified atom stereocenters. The van der Waals surface area contributed by atoms with Crippen molar-refractivity contribution in [1.29, 1.82) is 0 Å². The minimum atomic E-state index is -4.40. The molecule has 0 radical (unpaired) electrons. The van der Waals surface area contributed by atoms with Crippen LogP contribution in [-0.2, 0) is 6.18 Å². The largest absolute Gasteiger partial charge is 0.433 e. The average molecular weight is 280 g/mol. The zero-order chi connectivity index (χ0) is 14.8. The van der Waals surface area contributed by atoms with E-state index in [9.17, 15) is 13.2 Å². The molecule has 2 aromatic rings. The fourth-order valence-corrected chi connectivity index (χ4v) is 1.84. The summed E-state index contributed by atoms with van der Waals surface area (Å²) in [6.07, 6.45) is -3.20. The Morgan fingerprint density at radius 1 is 1.05 bits per heavy atom. The zero-order valence-corrected chi connectivity index (χ0v) is 11.2. The van der Waals surface area contributed by atoms with E-state index in [-0.39, 0.29) is 6.04 Å². The maximum Gasteiger partial charge on any atom is 0.433 e. The molecule has 1 N–H and O–H groups in total. The number of benzene rings is 1. The molecule has 1 atom stereocenters. The number of nitrogens with one attached hydrogen (secondary N) is 1. The molecule has 0 aliphatic rings. The third-order valence-electron chi connectivity index (χ3n) is 3.01. The van der Waals surface area contributed by atoms with Crippen LogP contribution in [0.4, 0.5) is 18.9 Å². The van der Waals surface area contributed by atoms with E-state index in [0.717, 1.165) is 17.2 Å². The molecule has 0 saturated carbocycles. The van der Waals surface area contributed by atoms with Crippen LogP contribution in [0.2, 0.25) is 0 Å². The molecule has 0 fully saturated rings. The summed E-state index contributed by atoms with van der Waals surface area (Å²) in [5.74, 6) is 0. The Morgan fingerprint density at radius 3 is 2.20 bits per heavy atom. The van der Waals surface area contributed by atoms with Crippen molar-refractivity contribution in [3.63, 3.8) is 0 Å². The summed E-state index contributed by atoms with van der Waals surface area (Å²) < 4.78 is 37.2. The van der Waals surface area contributed by atoms with Crippen LogP contribution < -0.4 is 5.32 Å². The Bertz CT molecular complexity index is 559. The van der Waals surface area contributed by atoms with E-state index in [4.69, 9.17) is 0 Å². The quantitative estimate of drug-likeness (QED) is 0.890. The smallest absolute Gasteiger partial charge is 0.377 e. The van der Waals surface area contributed by atoms with Crippen LogP contribution in [0.5, 0.6) is 0 Å². The van der Waals surface area contributed by atoms with Crippen molar-refractivity contribution >= 4 is 5.69 Å². The van der Waals surface area contributed by atoms with Crippen LogP contribution in [0.25, 0.3) is 0 Å². The van der Waals surface area contributed by atoms with E-state index in [1.54, 1.807) is 0 Å². The van der Waals surface area contributed by atoms with Crippen molar-refractivity contribution in [2.45, 2.75) is 26.1 Å². The maximum absolute atomic E-state index is 12.4. The first-order valence-electron chi connectivity index (χ1n) is 6.22. The SMILES string of the molecule is Cc1ccc(C(C)Nc2ccc(C(F)(F)F)nc2)cc1. The van der Waals surface area contributed by atoms with Gasteiger partial charge in [-0.2, -0.15) is 13.2 Å². The number of aromatic nitrogens is 1. The molecule has 20 heavy (non-hydrogen) atoms. The first kappa shape index (κ1) is 14.4. The van der Waals surface area contributed by atoms with Gasteiger partial charge in [0.2, 0.25) is 0 Å². The molecule has 0 aliphatic carbocycles. The molecule has 1 heterocycles. The third-order valence-corrected chi connectivity index (χ3v) is 3.01. The van der Waals surface area contributed by atoms with Crippen molar-refractivity contribution < 1.29 is 13.2 Å². The summed E-state index contributed by atoms with van der Waals surface area (Å²) in [6.45, 7) is 3.95. The summed E-state index contributed by atoms with van der Waals surface area (Å²) in [6, 6.07) is 10.3. The molecule has 2 rings (SSSR count). The van der Waals surface area contributed by atoms with Crippen LogP contribution in [0.1, 0.15) is 29.8 Å². The Labute approximate surface area is 115 Å². The Hall–Kier alpha value is -2.04. The molecule has 106 valence electrons. The number of rotatable bonds is 3. The number of anilines is 1. The van der Waals surface area contributed by atoms with Gasteiger partial charge in [0.15, 0.2) is 0 Å². The fourth-order valence-electron chi connectivity index (χ4n) is 1.84. The van der Waals surface area contributed by atoms with E-state index in [2.05, 4.69) is 10.3 Å². The number of hydrogen-bond acceptors (Lipinski definition) is 2. The van der Waals surface area contributed by atoms with Crippen molar-refractivity contribution in [2.24, 2.45) is 0 Å². The maximum atomic E-state index is 12.4. The molecule has 2 nitrogen and oxygen atoms in total. The van der Waals surface area contributed by atoms with E-state index in [1.807, 2.05) is 38.1 Å². The number of aryl methyl sites for hydroxylation is 1. The first-order chi connectivity index (χ1) is 9.36. The lowest BCUT2D eigenvalue weighted by Crippen LogP contribution is -2.10. The molecule has 0 aliphatic heterocycles. The normalized spacial score (nSPS) is 13.1. The summed E-state index contributed by atoms with van der Waals surface area (Å²) in [4.78, 5) is 3.42. The van der Waals surface area contributed by atoms with Gasteiger partial charge in [0, 0.05) is 6.04 Å². The van der Waals surface area contributed by atoms with Crippen LogP contribution in [0.15, 0.2) is 42.6 Å². The highest BCUT2D eigenvalue weighted by Gasteiger charge is 2.32. The number of alkyl halides is 3. The van der Waals surface area contributed by atoms with Crippen LogP contribution in [0, 0.1) is 6.92 Å². The highest BCUT2D eigenvalue weighted by molar-refractivity contribution is 5.44. The number of nitrogens with zero attached hydrogens (tertiary/aromatic N) is 1. The molecule has 0 saturated heterocycles. The lowest BCUT2D eigenvalue weighted by Gasteiger charge is -2.16. The highest BCUT2D eigenvalue weighted by atomic mass is 19.4. The van der Waals surface area contributed by atoms with Gasteiger partial charge >= 0.3 is 6.18 Å². The summed E-state index contributed by atoms with van der Waals surface area (Å²) in [7, 11) is 0. The van der Waals surface area contributed by atoms with Crippen LogP contribution >= 0.6 is 0 Å². The van der Waals surface area contributed by atoms with E-state index in [1.165, 1.54) is 12.3 Å². The van der Waals surface area contributed by atoms with Crippen LogP contribution in [-0.4, -0.2) is 4.98 Å². The highest BCUT2D eigenvalue weighted by Crippen LogP contribution is 2.28. The Morgan fingerprint density at radius 2 is 1.70 bits per heavy atom. The van der Waals surface area contributed by atoms with E-state index >= 15 is 0 Å². The summed E-state index contributed by atoms with van der Waals surface area (Å²) in [5.41, 5.74) is 1.91. The van der Waals surface area contributed by atoms with E-state index in [0.29, 0.717) is 5.69 Å². The van der Waals surface area contributed by atoms with Gasteiger partial charge in [0.25, 0.3) is 0 Å². The third kappa shape index (κ3) is 3.50. The lowest BCUT2D eigenvalue weighted by molar-refractivity contribution is -0.141.